The smallest absolute Gasteiger partial charge is 0.178 e. The summed E-state index contributed by atoms with van der Waals surface area (Å²) in [7, 11) is 3.51. The lowest BCUT2D eigenvalue weighted by atomic mass is 9.52. The molecule has 1 spiro atoms. The summed E-state index contributed by atoms with van der Waals surface area (Å²) < 4.78 is 32.9. The lowest BCUT2D eigenvalue weighted by Crippen LogP contribution is -2.44. The summed E-state index contributed by atoms with van der Waals surface area (Å²) in [6, 6.07) is 30.3. The second-order valence-electron chi connectivity index (χ2n) is 21.4. The first-order valence-electron chi connectivity index (χ1n) is 23.9. The summed E-state index contributed by atoms with van der Waals surface area (Å²) in [4.78, 5) is 0. The molecule has 0 aromatic heterocycles. The third kappa shape index (κ3) is 7.54. The van der Waals surface area contributed by atoms with Crippen molar-refractivity contribution in [2.24, 2.45) is 22.7 Å². The van der Waals surface area contributed by atoms with E-state index in [-0.39, 0.29) is 41.7 Å². The second kappa shape index (κ2) is 16.5. The summed E-state index contributed by atoms with van der Waals surface area (Å²) in [5, 5.41) is 21.6. The van der Waals surface area contributed by atoms with Crippen LogP contribution in [0.1, 0.15) is 126 Å². The largest absolute Gasteiger partial charge is 0.497 e. The van der Waals surface area contributed by atoms with Crippen LogP contribution in [0.25, 0.3) is 28.0 Å². The van der Waals surface area contributed by atoms with E-state index in [1.807, 2.05) is 0 Å². The van der Waals surface area contributed by atoms with Crippen molar-refractivity contribution in [1.29, 1.82) is 0 Å². The molecule has 0 bridgehead atoms. The zero-order chi connectivity index (χ0) is 44.4. The molecule has 1 aliphatic heterocycles. The molecule has 336 valence electrons. The van der Waals surface area contributed by atoms with Crippen LogP contribution in [0, 0.1) is 22.7 Å². The van der Waals surface area contributed by atoms with E-state index in [1.54, 1.807) is 14.2 Å². The van der Waals surface area contributed by atoms with E-state index in [4.69, 9.17) is 23.7 Å². The molecule has 4 aliphatic carbocycles. The van der Waals surface area contributed by atoms with Crippen molar-refractivity contribution in [2.75, 3.05) is 27.4 Å². The molecule has 5 aromatic rings. The molecule has 7 nitrogen and oxygen atoms in total. The highest BCUT2D eigenvalue weighted by atomic mass is 16.5. The van der Waals surface area contributed by atoms with Crippen LogP contribution in [0.15, 0.2) is 91.0 Å². The van der Waals surface area contributed by atoms with Gasteiger partial charge in [-0.15, -0.1) is 0 Å². The summed E-state index contributed by atoms with van der Waals surface area (Å²) in [6.45, 7) is 10.3. The average molecular weight is 863 g/mol. The fraction of sp³-hybridized carbons (Fsp3) is 0.474. The van der Waals surface area contributed by atoms with Crippen LogP contribution in [0.5, 0.6) is 28.7 Å². The minimum Gasteiger partial charge on any atom is -0.497 e. The molecule has 0 saturated heterocycles. The van der Waals surface area contributed by atoms with Gasteiger partial charge in [0.05, 0.1) is 26.4 Å². The Morgan fingerprint density at radius 2 is 1.08 bits per heavy atom. The van der Waals surface area contributed by atoms with Crippen LogP contribution >= 0.6 is 0 Å². The normalized spacial score (nSPS) is 26.1. The number of hydrogen-bond donors (Lipinski definition) is 2. The Morgan fingerprint density at radius 1 is 0.578 bits per heavy atom. The zero-order valence-corrected chi connectivity index (χ0v) is 38.7. The summed E-state index contributed by atoms with van der Waals surface area (Å²) in [6.07, 6.45) is 15.8. The van der Waals surface area contributed by atoms with Gasteiger partial charge in [0, 0.05) is 40.7 Å². The molecule has 3 saturated carbocycles. The Labute approximate surface area is 379 Å². The Kier molecular flexibility index (Phi) is 11.1. The fourth-order valence-electron chi connectivity index (χ4n) is 13.2. The number of rotatable bonds is 10. The van der Waals surface area contributed by atoms with E-state index in [1.165, 1.54) is 22.3 Å². The topological polar surface area (TPSA) is 86.6 Å². The lowest BCUT2D eigenvalue weighted by Gasteiger charge is -2.52. The van der Waals surface area contributed by atoms with Crippen molar-refractivity contribution in [3.05, 3.63) is 119 Å². The molecule has 7 heteroatoms. The predicted octanol–water partition coefficient (Wildman–Crippen LogP) is 12.6. The van der Waals surface area contributed by atoms with Crippen molar-refractivity contribution >= 4 is 16.8 Å². The van der Waals surface area contributed by atoms with Crippen molar-refractivity contribution < 1.29 is 33.9 Å². The number of hydrogen-bond acceptors (Lipinski definition) is 7. The monoisotopic (exact) mass is 862 g/mol. The SMILES string of the molecule is COc1ccc2c(c1)C1(CC(C)(C)CC(C)(C)C1)c1c3c(c4cc(OC)ccc4c1-2)OC(c1ccc(OC2CCC(CO)CC2)cc1)(c1ccc(OC2CCC(CO)CC2)cc1)C=C3. The molecule has 0 radical (unpaired) electrons. The number of methoxy groups -OCH3 is 2. The van der Waals surface area contributed by atoms with E-state index < -0.39 is 5.60 Å². The fourth-order valence-corrected chi connectivity index (χ4v) is 13.2. The van der Waals surface area contributed by atoms with E-state index in [2.05, 4.69) is 125 Å². The molecule has 10 rings (SSSR count). The average Bonchev–Trinajstić information content (AvgIpc) is 3.55. The molecule has 0 atom stereocenters. The number of benzene rings is 5. The van der Waals surface area contributed by atoms with Gasteiger partial charge in [-0.05, 0) is 182 Å². The number of aliphatic hydroxyl groups is 2. The minimum absolute atomic E-state index is 0.0818. The van der Waals surface area contributed by atoms with Crippen molar-refractivity contribution in [1.82, 2.24) is 0 Å². The van der Waals surface area contributed by atoms with Gasteiger partial charge >= 0.3 is 0 Å². The van der Waals surface area contributed by atoms with Gasteiger partial charge in [-0.1, -0.05) is 64.1 Å². The predicted molar refractivity (Wildman–Crippen MR) is 255 cm³/mol. The van der Waals surface area contributed by atoms with Crippen LogP contribution in [-0.4, -0.2) is 49.9 Å². The molecule has 3 fully saturated rings. The van der Waals surface area contributed by atoms with Gasteiger partial charge in [-0.25, -0.2) is 0 Å². The molecular weight excluding hydrogens is 797 g/mol. The van der Waals surface area contributed by atoms with Crippen LogP contribution < -0.4 is 23.7 Å². The Morgan fingerprint density at radius 3 is 1.59 bits per heavy atom. The maximum Gasteiger partial charge on any atom is 0.178 e. The first kappa shape index (κ1) is 42.9. The van der Waals surface area contributed by atoms with Gasteiger partial charge in [0.15, 0.2) is 5.60 Å². The molecule has 0 unspecified atom stereocenters. The van der Waals surface area contributed by atoms with Crippen molar-refractivity contribution in [3.8, 4) is 39.9 Å². The summed E-state index contributed by atoms with van der Waals surface area (Å²) in [5.74, 6) is 4.96. The number of fused-ring (bicyclic) bond motifs is 10. The first-order chi connectivity index (χ1) is 30.9. The highest BCUT2D eigenvalue weighted by Crippen LogP contribution is 2.67. The maximum atomic E-state index is 9.72. The van der Waals surface area contributed by atoms with E-state index in [0.29, 0.717) is 11.8 Å². The van der Waals surface area contributed by atoms with Crippen LogP contribution in [0.3, 0.4) is 0 Å². The molecule has 1 heterocycles. The van der Waals surface area contributed by atoms with Gasteiger partial charge in [-0.3, -0.25) is 0 Å². The summed E-state index contributed by atoms with van der Waals surface area (Å²) in [5.41, 5.74) is 7.29. The van der Waals surface area contributed by atoms with Gasteiger partial charge in [0.2, 0.25) is 0 Å². The maximum absolute atomic E-state index is 9.72. The van der Waals surface area contributed by atoms with Crippen molar-refractivity contribution in [3.63, 3.8) is 0 Å². The molecular formula is C57H66O7. The Bertz CT molecular complexity index is 2450. The Balaban J connectivity index is 1.13. The van der Waals surface area contributed by atoms with Gasteiger partial charge in [0.1, 0.15) is 28.7 Å². The first-order valence-corrected chi connectivity index (χ1v) is 23.9. The van der Waals surface area contributed by atoms with Gasteiger partial charge in [0.25, 0.3) is 0 Å². The third-order valence-electron chi connectivity index (χ3n) is 15.5. The Hall–Kier alpha value is -4.98. The highest BCUT2D eigenvalue weighted by Gasteiger charge is 2.56. The highest BCUT2D eigenvalue weighted by molar-refractivity contribution is 6.09. The third-order valence-corrected chi connectivity index (χ3v) is 15.5. The quantitative estimate of drug-likeness (QED) is 0.145. The molecule has 2 N–H and O–H groups in total. The van der Waals surface area contributed by atoms with E-state index in [0.717, 1.165) is 127 Å². The standard InChI is InChI=1S/C57H66O7/c1-54(2)33-55(3,4)35-56(34-54)50-30-45(61-6)24-26-47(50)51-46-25-23-44(60-5)29-49(46)53-48(52(51)56)27-28-57(64-53,38-11-19-42(20-12-38)62-40-15-7-36(31-58)8-16-40)39-13-21-43(22-14-39)63-41-17-9-37(32-59)10-18-41/h11-14,19-30,36-37,40-41,58-59H,7-10,15-18,31-35H2,1-6H3. The second-order valence-corrected chi connectivity index (χ2v) is 21.4. The summed E-state index contributed by atoms with van der Waals surface area (Å²) >= 11 is 0. The lowest BCUT2D eigenvalue weighted by molar-refractivity contribution is 0.0641. The number of ether oxygens (including phenoxy) is 5. The molecule has 0 amide bonds. The molecule has 5 aromatic carbocycles. The van der Waals surface area contributed by atoms with Crippen LogP contribution in [0.2, 0.25) is 0 Å². The number of aliphatic hydroxyl groups excluding tert-OH is 2. The van der Waals surface area contributed by atoms with E-state index >= 15 is 0 Å². The molecule has 5 aliphatic rings. The van der Waals surface area contributed by atoms with Gasteiger partial charge < -0.3 is 33.9 Å². The van der Waals surface area contributed by atoms with E-state index in [9.17, 15) is 10.2 Å². The zero-order valence-electron chi connectivity index (χ0n) is 38.7. The van der Waals surface area contributed by atoms with Crippen molar-refractivity contribution in [2.45, 2.75) is 122 Å². The molecule has 64 heavy (non-hydrogen) atoms. The van der Waals surface area contributed by atoms with Gasteiger partial charge in [-0.2, -0.15) is 0 Å². The van der Waals surface area contributed by atoms with Crippen LogP contribution in [-0.2, 0) is 11.0 Å². The van der Waals surface area contributed by atoms with Crippen LogP contribution in [0.4, 0.5) is 0 Å². The minimum atomic E-state index is -0.986.